The first-order valence-electron chi connectivity index (χ1n) is 7.07. The third-order valence-corrected chi connectivity index (χ3v) is 3.28. The molecule has 1 aliphatic heterocycles. The molecule has 0 radical (unpaired) electrons. The number of nitrogens with one attached hydrogen (secondary N) is 1. The summed E-state index contributed by atoms with van der Waals surface area (Å²) in [6.45, 7) is 5.81. The van der Waals surface area contributed by atoms with E-state index in [2.05, 4.69) is 12.2 Å². The largest absolute Gasteiger partial charge is 0.496 e. The van der Waals surface area contributed by atoms with Gasteiger partial charge in [0.2, 0.25) is 0 Å². The smallest absolute Gasteiger partial charge is 0.257 e. The van der Waals surface area contributed by atoms with E-state index in [0.717, 1.165) is 32.6 Å². The summed E-state index contributed by atoms with van der Waals surface area (Å²) in [6.07, 6.45) is 0.938. The predicted octanol–water partition coefficient (Wildman–Crippen LogP) is 1.53. The Balaban J connectivity index is 2.20. The second-order valence-corrected chi connectivity index (χ2v) is 4.75. The van der Waals surface area contributed by atoms with E-state index in [9.17, 15) is 4.79 Å². The van der Waals surface area contributed by atoms with Crippen LogP contribution in [-0.4, -0.2) is 50.7 Å². The fourth-order valence-electron chi connectivity index (χ4n) is 2.20. The van der Waals surface area contributed by atoms with Crippen molar-refractivity contribution in [2.45, 2.75) is 13.3 Å². The van der Waals surface area contributed by atoms with Crippen LogP contribution in [0.1, 0.15) is 23.7 Å². The van der Waals surface area contributed by atoms with Crippen molar-refractivity contribution < 1.29 is 14.3 Å². The molecular weight excluding hydrogens is 256 g/mol. The van der Waals surface area contributed by atoms with E-state index >= 15 is 0 Å². The van der Waals surface area contributed by atoms with E-state index < -0.39 is 0 Å². The molecule has 20 heavy (non-hydrogen) atoms. The van der Waals surface area contributed by atoms with Crippen molar-refractivity contribution in [3.63, 3.8) is 0 Å². The van der Waals surface area contributed by atoms with Crippen LogP contribution in [0.4, 0.5) is 0 Å². The molecule has 1 aliphatic rings. The molecule has 0 aromatic heterocycles. The van der Waals surface area contributed by atoms with Gasteiger partial charge in [0.1, 0.15) is 11.5 Å². The minimum Gasteiger partial charge on any atom is -0.496 e. The highest BCUT2D eigenvalue weighted by Crippen LogP contribution is 2.25. The number of carbonyl (C=O) groups excluding carboxylic acids is 1. The molecule has 0 atom stereocenters. The summed E-state index contributed by atoms with van der Waals surface area (Å²) in [5.41, 5.74) is 0.572. The van der Waals surface area contributed by atoms with Crippen molar-refractivity contribution in [2.24, 2.45) is 0 Å². The Morgan fingerprint density at radius 2 is 2.10 bits per heavy atom. The lowest BCUT2D eigenvalue weighted by Gasteiger charge is -2.28. The fraction of sp³-hybridized carbons (Fsp3) is 0.533. The maximum atomic E-state index is 12.6. The molecule has 0 unspecified atom stereocenters. The summed E-state index contributed by atoms with van der Waals surface area (Å²) in [7, 11) is 1.58. The number of methoxy groups -OCH3 is 1. The predicted molar refractivity (Wildman–Crippen MR) is 77.6 cm³/mol. The molecule has 5 nitrogen and oxygen atoms in total. The minimum absolute atomic E-state index is 0.00491. The molecule has 1 aromatic carbocycles. The summed E-state index contributed by atoms with van der Waals surface area (Å²) >= 11 is 0. The maximum absolute atomic E-state index is 12.6. The van der Waals surface area contributed by atoms with Gasteiger partial charge in [0.25, 0.3) is 5.91 Å². The third kappa shape index (κ3) is 3.42. The highest BCUT2D eigenvalue weighted by atomic mass is 16.5. The number of ether oxygens (including phenoxy) is 2. The van der Waals surface area contributed by atoms with Gasteiger partial charge in [-0.2, -0.15) is 0 Å². The van der Waals surface area contributed by atoms with Crippen molar-refractivity contribution in [1.29, 1.82) is 0 Å². The third-order valence-electron chi connectivity index (χ3n) is 3.28. The van der Waals surface area contributed by atoms with Crippen molar-refractivity contribution in [3.05, 3.63) is 23.8 Å². The molecule has 1 amide bonds. The van der Waals surface area contributed by atoms with E-state index in [0.29, 0.717) is 23.7 Å². The van der Waals surface area contributed by atoms with Gasteiger partial charge in [0.15, 0.2) is 0 Å². The summed E-state index contributed by atoms with van der Waals surface area (Å²) in [5.74, 6) is 1.31. The lowest BCUT2D eigenvalue weighted by atomic mass is 10.1. The van der Waals surface area contributed by atoms with Crippen molar-refractivity contribution in [3.8, 4) is 11.5 Å². The Labute approximate surface area is 119 Å². The van der Waals surface area contributed by atoms with Crippen LogP contribution < -0.4 is 14.8 Å². The average Bonchev–Trinajstić information content (AvgIpc) is 2.52. The zero-order valence-electron chi connectivity index (χ0n) is 12.1. The van der Waals surface area contributed by atoms with Crippen LogP contribution in [-0.2, 0) is 0 Å². The van der Waals surface area contributed by atoms with Gasteiger partial charge >= 0.3 is 0 Å². The van der Waals surface area contributed by atoms with Gasteiger partial charge in [-0.25, -0.2) is 0 Å². The zero-order valence-corrected chi connectivity index (χ0v) is 12.1. The number of hydrogen-bond acceptors (Lipinski definition) is 4. The number of piperazine rings is 1. The highest BCUT2D eigenvalue weighted by Gasteiger charge is 2.21. The van der Waals surface area contributed by atoms with E-state index in [4.69, 9.17) is 9.47 Å². The molecule has 0 saturated carbocycles. The number of benzene rings is 1. The second kappa shape index (κ2) is 7.14. The molecule has 0 aliphatic carbocycles. The number of rotatable bonds is 5. The van der Waals surface area contributed by atoms with Crippen LogP contribution in [0.2, 0.25) is 0 Å². The summed E-state index contributed by atoms with van der Waals surface area (Å²) in [4.78, 5) is 14.4. The SMILES string of the molecule is CCCOc1ccc(OC)c(C(=O)N2CCNCC2)c1. The molecule has 110 valence electrons. The Hall–Kier alpha value is -1.75. The first-order chi connectivity index (χ1) is 9.76. The first-order valence-corrected chi connectivity index (χ1v) is 7.07. The van der Waals surface area contributed by atoms with Crippen LogP contribution >= 0.6 is 0 Å². The van der Waals surface area contributed by atoms with Crippen LogP contribution in [0.3, 0.4) is 0 Å². The molecular formula is C15H22N2O3. The molecule has 1 N–H and O–H groups in total. The zero-order chi connectivity index (χ0) is 14.4. The van der Waals surface area contributed by atoms with Gasteiger partial charge in [0, 0.05) is 26.2 Å². The van der Waals surface area contributed by atoms with Gasteiger partial charge in [0.05, 0.1) is 19.3 Å². The fourth-order valence-corrected chi connectivity index (χ4v) is 2.20. The Morgan fingerprint density at radius 1 is 1.35 bits per heavy atom. The number of carbonyl (C=O) groups is 1. The van der Waals surface area contributed by atoms with Crippen LogP contribution in [0.25, 0.3) is 0 Å². The maximum Gasteiger partial charge on any atom is 0.257 e. The van der Waals surface area contributed by atoms with Gasteiger partial charge in [-0.05, 0) is 24.6 Å². The van der Waals surface area contributed by atoms with Crippen molar-refractivity contribution >= 4 is 5.91 Å². The first kappa shape index (κ1) is 14.7. The van der Waals surface area contributed by atoms with Gasteiger partial charge in [-0.15, -0.1) is 0 Å². The monoisotopic (exact) mass is 278 g/mol. The minimum atomic E-state index is 0.00491. The van der Waals surface area contributed by atoms with Crippen molar-refractivity contribution in [2.75, 3.05) is 39.9 Å². The molecule has 0 bridgehead atoms. The number of amides is 1. The summed E-state index contributed by atoms with van der Waals surface area (Å²) < 4.78 is 10.9. The molecule has 5 heteroatoms. The number of hydrogen-bond donors (Lipinski definition) is 1. The molecule has 1 aromatic rings. The molecule has 0 spiro atoms. The van der Waals surface area contributed by atoms with Crippen LogP contribution in [0, 0.1) is 0 Å². The topological polar surface area (TPSA) is 50.8 Å². The summed E-state index contributed by atoms with van der Waals surface area (Å²) in [5, 5.41) is 3.24. The van der Waals surface area contributed by atoms with E-state index in [-0.39, 0.29) is 5.91 Å². The lowest BCUT2D eigenvalue weighted by Crippen LogP contribution is -2.46. The standard InChI is InChI=1S/C15H22N2O3/c1-3-10-20-12-4-5-14(19-2)13(11-12)15(18)17-8-6-16-7-9-17/h4-5,11,16H,3,6-10H2,1-2H3. The van der Waals surface area contributed by atoms with Gasteiger partial charge in [-0.1, -0.05) is 6.92 Å². The summed E-state index contributed by atoms with van der Waals surface area (Å²) in [6, 6.07) is 5.41. The second-order valence-electron chi connectivity index (χ2n) is 4.75. The Kier molecular flexibility index (Phi) is 5.24. The lowest BCUT2D eigenvalue weighted by molar-refractivity contribution is 0.0732. The number of nitrogens with zero attached hydrogens (tertiary/aromatic N) is 1. The highest BCUT2D eigenvalue weighted by molar-refractivity contribution is 5.97. The molecule has 1 saturated heterocycles. The average molecular weight is 278 g/mol. The normalized spacial score (nSPS) is 15.0. The molecule has 1 heterocycles. The van der Waals surface area contributed by atoms with Gasteiger partial charge < -0.3 is 19.7 Å². The van der Waals surface area contributed by atoms with Crippen LogP contribution in [0.15, 0.2) is 18.2 Å². The Bertz CT molecular complexity index is 456. The van der Waals surface area contributed by atoms with E-state index in [1.54, 1.807) is 19.2 Å². The quantitative estimate of drug-likeness (QED) is 0.887. The van der Waals surface area contributed by atoms with Crippen LogP contribution in [0.5, 0.6) is 11.5 Å². The van der Waals surface area contributed by atoms with Gasteiger partial charge in [-0.3, -0.25) is 4.79 Å². The van der Waals surface area contributed by atoms with E-state index in [1.165, 1.54) is 0 Å². The van der Waals surface area contributed by atoms with E-state index in [1.807, 2.05) is 11.0 Å². The van der Waals surface area contributed by atoms with Crippen molar-refractivity contribution in [1.82, 2.24) is 10.2 Å². The Morgan fingerprint density at radius 3 is 2.75 bits per heavy atom. The molecule has 2 rings (SSSR count). The molecule has 1 fully saturated rings.